The van der Waals surface area contributed by atoms with Crippen molar-refractivity contribution in [2.24, 2.45) is 0 Å². The molecular formula is C32H38BrN3O5S. The minimum absolute atomic E-state index is 0.0706. The molecule has 2 amide bonds. The molecule has 4 rings (SSSR count). The highest BCUT2D eigenvalue weighted by Gasteiger charge is 2.33. The molecule has 1 fully saturated rings. The average Bonchev–Trinajstić information content (AvgIpc) is 3.49. The topological polar surface area (TPSA) is 96.0 Å². The Morgan fingerprint density at radius 2 is 1.60 bits per heavy atom. The van der Waals surface area contributed by atoms with Crippen molar-refractivity contribution in [2.45, 2.75) is 70.0 Å². The van der Waals surface area contributed by atoms with E-state index in [0.717, 1.165) is 45.6 Å². The summed E-state index contributed by atoms with van der Waals surface area (Å²) < 4.78 is 35.5. The van der Waals surface area contributed by atoms with Crippen molar-refractivity contribution in [3.8, 4) is 5.75 Å². The molecule has 0 heterocycles. The second-order valence-corrected chi connectivity index (χ2v) is 13.3. The molecule has 0 spiro atoms. The zero-order valence-corrected chi connectivity index (χ0v) is 26.7. The van der Waals surface area contributed by atoms with Crippen LogP contribution in [-0.4, -0.2) is 50.4 Å². The highest BCUT2D eigenvalue weighted by Crippen LogP contribution is 2.27. The fourth-order valence-corrected chi connectivity index (χ4v) is 6.68. The molecule has 8 nitrogen and oxygen atoms in total. The van der Waals surface area contributed by atoms with Gasteiger partial charge in [0.15, 0.2) is 0 Å². The molecule has 42 heavy (non-hydrogen) atoms. The Bertz CT molecular complexity index is 1460. The average molecular weight is 657 g/mol. The fraction of sp³-hybridized carbons (Fsp3) is 0.375. The van der Waals surface area contributed by atoms with E-state index in [1.54, 1.807) is 43.3 Å². The molecule has 224 valence electrons. The smallest absolute Gasteiger partial charge is 0.264 e. The minimum Gasteiger partial charge on any atom is -0.494 e. The van der Waals surface area contributed by atoms with Crippen molar-refractivity contribution < 1.29 is 22.7 Å². The number of benzene rings is 3. The molecule has 1 N–H and O–H groups in total. The third-order valence-corrected chi connectivity index (χ3v) is 9.78. The molecule has 3 aromatic rings. The summed E-state index contributed by atoms with van der Waals surface area (Å²) in [6.07, 6.45) is 3.96. The van der Waals surface area contributed by atoms with Gasteiger partial charge in [0, 0.05) is 17.1 Å². The Morgan fingerprint density at radius 1 is 0.976 bits per heavy atom. The lowest BCUT2D eigenvalue weighted by Gasteiger charge is -2.32. The Kier molecular flexibility index (Phi) is 10.7. The zero-order chi connectivity index (χ0) is 30.3. The number of carbonyl (C=O) groups is 2. The van der Waals surface area contributed by atoms with E-state index in [0.29, 0.717) is 18.0 Å². The lowest BCUT2D eigenvalue weighted by atomic mass is 10.1. The number of halogens is 1. The highest BCUT2D eigenvalue weighted by atomic mass is 79.9. The van der Waals surface area contributed by atoms with Gasteiger partial charge in [-0.15, -0.1) is 0 Å². The van der Waals surface area contributed by atoms with E-state index in [1.807, 2.05) is 38.1 Å². The van der Waals surface area contributed by atoms with Gasteiger partial charge in [-0.2, -0.15) is 0 Å². The first-order valence-corrected chi connectivity index (χ1v) is 16.5. The first-order chi connectivity index (χ1) is 20.1. The fourth-order valence-electron chi connectivity index (χ4n) is 5.00. The SMILES string of the molecule is CCOc1ccc(N(CC(=O)N(Cc2ccc(Br)cc2)[C@H](C)C(=O)NC2CCCC2)S(=O)(=O)c2ccc(C)cc2)cc1. The van der Waals surface area contributed by atoms with Crippen molar-refractivity contribution >= 4 is 43.5 Å². The number of nitrogens with zero attached hydrogens (tertiary/aromatic N) is 2. The lowest BCUT2D eigenvalue weighted by molar-refractivity contribution is -0.139. The van der Waals surface area contributed by atoms with Gasteiger partial charge in [-0.05, 0) is 87.7 Å². The van der Waals surface area contributed by atoms with Crippen LogP contribution in [0.5, 0.6) is 5.75 Å². The number of rotatable bonds is 12. The highest BCUT2D eigenvalue weighted by molar-refractivity contribution is 9.10. The van der Waals surface area contributed by atoms with E-state index in [-0.39, 0.29) is 23.4 Å². The number of aryl methyl sites for hydroxylation is 1. The standard InChI is InChI=1S/C32H38BrN3O5S/c1-4-41-29-17-15-28(16-18-29)36(42(39,40)30-19-9-23(2)10-20-30)22-31(37)35(21-25-11-13-26(33)14-12-25)24(3)32(38)34-27-7-5-6-8-27/h9-20,24,27H,4-8,21-22H2,1-3H3,(H,34,38)/t24-/m1/s1. The molecule has 0 radical (unpaired) electrons. The monoisotopic (exact) mass is 655 g/mol. The van der Waals surface area contributed by atoms with Gasteiger partial charge >= 0.3 is 0 Å². The van der Waals surface area contributed by atoms with Crippen molar-refractivity contribution in [3.63, 3.8) is 0 Å². The van der Waals surface area contributed by atoms with Crippen LogP contribution in [0.3, 0.4) is 0 Å². The Balaban J connectivity index is 1.68. The molecule has 0 aliphatic heterocycles. The number of sulfonamides is 1. The molecule has 0 bridgehead atoms. The van der Waals surface area contributed by atoms with Crippen LogP contribution in [0.25, 0.3) is 0 Å². The summed E-state index contributed by atoms with van der Waals surface area (Å²) >= 11 is 3.44. The number of nitrogens with one attached hydrogen (secondary N) is 1. The third kappa shape index (κ3) is 7.92. The van der Waals surface area contributed by atoms with Crippen LogP contribution in [0.4, 0.5) is 5.69 Å². The van der Waals surface area contributed by atoms with E-state index in [1.165, 1.54) is 17.0 Å². The van der Waals surface area contributed by atoms with Crippen LogP contribution in [0.15, 0.2) is 82.2 Å². The number of hydrogen-bond donors (Lipinski definition) is 1. The van der Waals surface area contributed by atoms with Crippen LogP contribution in [0.2, 0.25) is 0 Å². The number of ether oxygens (including phenoxy) is 1. The predicted octanol–water partition coefficient (Wildman–Crippen LogP) is 5.83. The maximum Gasteiger partial charge on any atom is 0.264 e. The second kappa shape index (κ2) is 14.2. The van der Waals surface area contributed by atoms with Gasteiger partial charge in [0.25, 0.3) is 10.0 Å². The second-order valence-electron chi connectivity index (χ2n) is 10.6. The first kappa shape index (κ1) is 31.6. The molecular weight excluding hydrogens is 618 g/mol. The van der Waals surface area contributed by atoms with Crippen molar-refractivity contribution in [3.05, 3.63) is 88.4 Å². The Labute approximate surface area is 257 Å². The molecule has 0 saturated heterocycles. The van der Waals surface area contributed by atoms with Crippen molar-refractivity contribution in [1.29, 1.82) is 0 Å². The molecule has 1 aliphatic carbocycles. The summed E-state index contributed by atoms with van der Waals surface area (Å²) in [7, 11) is -4.13. The van der Waals surface area contributed by atoms with E-state index >= 15 is 0 Å². The van der Waals surface area contributed by atoms with E-state index in [4.69, 9.17) is 4.74 Å². The lowest BCUT2D eigenvalue weighted by Crippen LogP contribution is -2.52. The van der Waals surface area contributed by atoms with E-state index in [2.05, 4.69) is 21.2 Å². The Morgan fingerprint density at radius 3 is 2.19 bits per heavy atom. The van der Waals surface area contributed by atoms with Crippen LogP contribution in [-0.2, 0) is 26.2 Å². The molecule has 1 aliphatic rings. The summed E-state index contributed by atoms with van der Waals surface area (Å²) in [4.78, 5) is 29.0. The number of amides is 2. The summed E-state index contributed by atoms with van der Waals surface area (Å²) in [6, 6.07) is 19.9. The maximum absolute atomic E-state index is 14.1. The van der Waals surface area contributed by atoms with Gasteiger partial charge in [-0.3, -0.25) is 13.9 Å². The normalized spacial score (nSPS) is 14.3. The third-order valence-electron chi connectivity index (χ3n) is 7.46. The summed E-state index contributed by atoms with van der Waals surface area (Å²) in [5.74, 6) is -0.146. The van der Waals surface area contributed by atoms with Crippen LogP contribution in [0, 0.1) is 6.92 Å². The van der Waals surface area contributed by atoms with Gasteiger partial charge in [0.05, 0.1) is 17.2 Å². The first-order valence-electron chi connectivity index (χ1n) is 14.2. The molecule has 3 aromatic carbocycles. The molecule has 0 unspecified atom stereocenters. The van der Waals surface area contributed by atoms with Gasteiger partial charge in [-0.1, -0.05) is 58.6 Å². The van der Waals surface area contributed by atoms with Gasteiger partial charge in [0.2, 0.25) is 11.8 Å². The molecule has 1 atom stereocenters. The van der Waals surface area contributed by atoms with Crippen molar-refractivity contribution in [2.75, 3.05) is 17.5 Å². The molecule has 10 heteroatoms. The quantitative estimate of drug-likeness (QED) is 0.265. The maximum atomic E-state index is 14.1. The molecule has 0 aromatic heterocycles. The summed E-state index contributed by atoms with van der Waals surface area (Å²) in [5, 5.41) is 3.09. The van der Waals surface area contributed by atoms with Crippen LogP contribution < -0.4 is 14.4 Å². The molecule has 1 saturated carbocycles. The van der Waals surface area contributed by atoms with E-state index in [9.17, 15) is 18.0 Å². The van der Waals surface area contributed by atoms with Crippen molar-refractivity contribution in [1.82, 2.24) is 10.2 Å². The zero-order valence-electron chi connectivity index (χ0n) is 24.3. The van der Waals surface area contributed by atoms with Gasteiger partial charge < -0.3 is 15.0 Å². The largest absolute Gasteiger partial charge is 0.494 e. The number of carbonyl (C=O) groups excluding carboxylic acids is 2. The summed E-state index contributed by atoms with van der Waals surface area (Å²) in [6.45, 7) is 5.56. The predicted molar refractivity (Wildman–Crippen MR) is 168 cm³/mol. The van der Waals surface area contributed by atoms with Gasteiger partial charge in [-0.25, -0.2) is 8.42 Å². The number of hydrogen-bond acceptors (Lipinski definition) is 5. The summed E-state index contributed by atoms with van der Waals surface area (Å²) in [5.41, 5.74) is 2.06. The van der Waals surface area contributed by atoms with E-state index < -0.39 is 28.5 Å². The van der Waals surface area contributed by atoms with Crippen LogP contribution >= 0.6 is 15.9 Å². The van der Waals surface area contributed by atoms with Gasteiger partial charge in [0.1, 0.15) is 18.3 Å². The van der Waals surface area contributed by atoms with Crippen LogP contribution in [0.1, 0.15) is 50.7 Å². The number of anilines is 1. The Hall–Kier alpha value is -3.37. The minimum atomic E-state index is -4.13.